The number of nitrogens with zero attached hydrogens (tertiary/aromatic N) is 1. The zero-order valence-corrected chi connectivity index (χ0v) is 39.7. The smallest absolute Gasteiger partial charge is 0.462 e. The number of allylic oxidation sites excluding steroid dienone is 17. The van der Waals surface area contributed by atoms with Gasteiger partial charge in [0.05, 0.1) is 40.0 Å². The van der Waals surface area contributed by atoms with Crippen LogP contribution in [0.5, 0.6) is 0 Å². The number of hydrogen-bond donors (Lipinski definition) is 3. The fourth-order valence-corrected chi connectivity index (χ4v) is 6.06. The molecular formula is C50H83NO10P+. The zero-order chi connectivity index (χ0) is 46.0. The van der Waals surface area contributed by atoms with Gasteiger partial charge in [0, 0.05) is 12.8 Å². The van der Waals surface area contributed by atoms with Crippen LogP contribution < -0.4 is 0 Å². The number of unbranched alkanes of at least 4 members (excludes halogenated alkanes) is 3. The van der Waals surface area contributed by atoms with Gasteiger partial charge in [-0.1, -0.05) is 136 Å². The van der Waals surface area contributed by atoms with Gasteiger partial charge in [0.15, 0.2) is 6.10 Å². The van der Waals surface area contributed by atoms with Crippen molar-refractivity contribution in [3.05, 3.63) is 109 Å². The standard InChI is InChI=1S/C50H82NO10P/c1-6-8-10-12-14-16-18-20-21-22-23-24-25-26-28-30-32-34-36-40-49(54)58-44-46(45-60-62(56,57)59-43-42-51(3,4)5)61-50(55)41-37-39-48(53)47(52)38-35-33-31-29-27-19-17-15-13-11-9-7-2/h9,11,14-17,20-21,23-24,26-29,32-35,46-48,52-53H,6-8,10,12-13,18-19,22,25,30-31,36-45H2,1-5H3/p+1/b11-9-,16-14-,17-15-,21-20-,24-23-,28-26-,29-27-,34-32-,35-33-/t46-,47-,48-/m1/s1. The van der Waals surface area contributed by atoms with Crippen molar-refractivity contribution in [3.8, 4) is 0 Å². The van der Waals surface area contributed by atoms with Crippen LogP contribution in [-0.2, 0) is 32.7 Å². The second kappa shape index (κ2) is 40.4. The van der Waals surface area contributed by atoms with E-state index in [0.717, 1.165) is 51.4 Å². The average Bonchev–Trinajstić information content (AvgIpc) is 3.22. The van der Waals surface area contributed by atoms with Crippen LogP contribution >= 0.6 is 7.82 Å². The highest BCUT2D eigenvalue weighted by Crippen LogP contribution is 2.43. The lowest BCUT2D eigenvalue weighted by atomic mass is 10.0. The molecule has 0 heterocycles. The Kier molecular flexibility index (Phi) is 38.1. The van der Waals surface area contributed by atoms with Crippen molar-refractivity contribution in [3.63, 3.8) is 0 Å². The Hall–Kier alpha value is -3.41. The molecule has 0 aromatic carbocycles. The molecule has 0 bridgehead atoms. The van der Waals surface area contributed by atoms with Crippen LogP contribution in [0.2, 0.25) is 0 Å². The normalized spacial score (nSPS) is 15.5. The number of aliphatic hydroxyl groups excluding tert-OH is 2. The molecule has 0 aromatic rings. The second-order valence-electron chi connectivity index (χ2n) is 16.0. The summed E-state index contributed by atoms with van der Waals surface area (Å²) >= 11 is 0. The van der Waals surface area contributed by atoms with Crippen LogP contribution in [0.25, 0.3) is 0 Å². The first-order valence-electron chi connectivity index (χ1n) is 22.8. The Labute approximate surface area is 375 Å². The monoisotopic (exact) mass is 889 g/mol. The third-order valence-electron chi connectivity index (χ3n) is 9.00. The van der Waals surface area contributed by atoms with Crippen LogP contribution in [0.15, 0.2) is 109 Å². The minimum Gasteiger partial charge on any atom is -0.462 e. The van der Waals surface area contributed by atoms with Gasteiger partial charge in [-0.2, -0.15) is 0 Å². The van der Waals surface area contributed by atoms with E-state index in [1.807, 2.05) is 51.5 Å². The third kappa shape index (κ3) is 41.9. The van der Waals surface area contributed by atoms with Crippen molar-refractivity contribution in [2.24, 2.45) is 0 Å². The van der Waals surface area contributed by atoms with Gasteiger partial charge in [-0.15, -0.1) is 0 Å². The Balaban J connectivity index is 4.72. The first kappa shape index (κ1) is 58.6. The van der Waals surface area contributed by atoms with Gasteiger partial charge < -0.3 is 29.1 Å². The van der Waals surface area contributed by atoms with E-state index in [1.165, 1.54) is 25.7 Å². The van der Waals surface area contributed by atoms with E-state index in [1.54, 1.807) is 0 Å². The summed E-state index contributed by atoms with van der Waals surface area (Å²) in [6.45, 7) is 3.82. The summed E-state index contributed by atoms with van der Waals surface area (Å²) in [6.07, 6.45) is 47.6. The highest BCUT2D eigenvalue weighted by molar-refractivity contribution is 7.47. The van der Waals surface area contributed by atoms with Crippen molar-refractivity contribution in [2.45, 2.75) is 148 Å². The number of aliphatic hydroxyl groups is 2. The Morgan fingerprint density at radius 3 is 1.60 bits per heavy atom. The number of hydrogen-bond acceptors (Lipinski definition) is 9. The Bertz CT molecular complexity index is 1450. The summed E-state index contributed by atoms with van der Waals surface area (Å²) < 4.78 is 34.0. The molecule has 0 spiro atoms. The SMILES string of the molecule is CC/C=C\C/C=C\C/C=C\C/C=C\C[C@@H](O)[C@H](O)CCCC(=O)O[C@H](COC(=O)CC/C=C\C/C=C\C/C=C\C/C=C\C/C=C\CCCCC)COP(=O)(O)OCC[N+](C)(C)C. The van der Waals surface area contributed by atoms with Crippen LogP contribution in [-0.4, -0.2) is 97.3 Å². The fourth-order valence-electron chi connectivity index (χ4n) is 5.32. The van der Waals surface area contributed by atoms with E-state index in [9.17, 15) is 29.3 Å². The third-order valence-corrected chi connectivity index (χ3v) is 9.99. The number of rotatable bonds is 39. The number of phosphoric acid groups is 1. The molecule has 0 fully saturated rings. The zero-order valence-electron chi connectivity index (χ0n) is 38.8. The molecule has 0 saturated carbocycles. The van der Waals surface area contributed by atoms with E-state index in [-0.39, 0.29) is 45.3 Å². The summed E-state index contributed by atoms with van der Waals surface area (Å²) in [5.74, 6) is -1.20. The molecule has 12 heteroatoms. The summed E-state index contributed by atoms with van der Waals surface area (Å²) in [5.41, 5.74) is 0. The number of likely N-dealkylation sites (N-methyl/N-ethyl adjacent to an activating group) is 1. The number of carbonyl (C=O) groups is 2. The molecule has 0 rings (SSSR count). The molecule has 4 atom stereocenters. The average molecular weight is 889 g/mol. The molecule has 0 aliphatic rings. The van der Waals surface area contributed by atoms with Gasteiger partial charge in [0.25, 0.3) is 0 Å². The molecule has 62 heavy (non-hydrogen) atoms. The van der Waals surface area contributed by atoms with Crippen LogP contribution in [0, 0.1) is 0 Å². The lowest BCUT2D eigenvalue weighted by molar-refractivity contribution is -0.870. The van der Waals surface area contributed by atoms with Gasteiger partial charge in [-0.3, -0.25) is 18.6 Å². The van der Waals surface area contributed by atoms with Gasteiger partial charge in [-0.05, 0) is 89.9 Å². The molecule has 11 nitrogen and oxygen atoms in total. The molecule has 0 aromatic heterocycles. The highest BCUT2D eigenvalue weighted by atomic mass is 31.2. The Morgan fingerprint density at radius 1 is 0.581 bits per heavy atom. The maximum absolute atomic E-state index is 12.7. The summed E-state index contributed by atoms with van der Waals surface area (Å²) in [5, 5.41) is 20.8. The van der Waals surface area contributed by atoms with Crippen molar-refractivity contribution in [1.82, 2.24) is 0 Å². The quantitative estimate of drug-likeness (QED) is 0.0179. The molecule has 0 aliphatic heterocycles. The van der Waals surface area contributed by atoms with Gasteiger partial charge in [-0.25, -0.2) is 4.57 Å². The minimum absolute atomic E-state index is 0.0386. The largest absolute Gasteiger partial charge is 0.472 e. The molecule has 3 N–H and O–H groups in total. The van der Waals surface area contributed by atoms with Crippen LogP contribution in [0.4, 0.5) is 0 Å². The maximum Gasteiger partial charge on any atom is 0.472 e. The molecule has 1 unspecified atom stereocenters. The molecule has 352 valence electrons. The van der Waals surface area contributed by atoms with Crippen LogP contribution in [0.3, 0.4) is 0 Å². The van der Waals surface area contributed by atoms with Gasteiger partial charge in [0.2, 0.25) is 0 Å². The topological polar surface area (TPSA) is 149 Å². The molecule has 0 amide bonds. The highest BCUT2D eigenvalue weighted by Gasteiger charge is 2.27. The lowest BCUT2D eigenvalue weighted by Crippen LogP contribution is -2.37. The van der Waals surface area contributed by atoms with Crippen molar-refractivity contribution in [2.75, 3.05) is 47.5 Å². The number of ether oxygens (including phenoxy) is 2. The molecule has 0 radical (unpaired) electrons. The Morgan fingerprint density at radius 2 is 1.08 bits per heavy atom. The van der Waals surface area contributed by atoms with E-state index in [0.29, 0.717) is 17.4 Å². The summed E-state index contributed by atoms with van der Waals surface area (Å²) in [4.78, 5) is 35.4. The number of phosphoric ester groups is 1. The molecule has 0 saturated heterocycles. The van der Waals surface area contributed by atoms with Crippen LogP contribution in [0.1, 0.15) is 129 Å². The van der Waals surface area contributed by atoms with Crippen molar-refractivity contribution in [1.29, 1.82) is 0 Å². The van der Waals surface area contributed by atoms with Crippen molar-refractivity contribution < 1.29 is 52.3 Å². The predicted octanol–water partition coefficient (Wildman–Crippen LogP) is 11.1. The first-order chi connectivity index (χ1) is 29.8. The van der Waals surface area contributed by atoms with E-state index in [4.69, 9.17) is 18.5 Å². The number of carbonyl (C=O) groups excluding carboxylic acids is 2. The van der Waals surface area contributed by atoms with E-state index in [2.05, 4.69) is 92.8 Å². The lowest BCUT2D eigenvalue weighted by Gasteiger charge is -2.24. The molecular weight excluding hydrogens is 806 g/mol. The first-order valence-corrected chi connectivity index (χ1v) is 24.3. The predicted molar refractivity (Wildman–Crippen MR) is 254 cm³/mol. The summed E-state index contributed by atoms with van der Waals surface area (Å²) in [6, 6.07) is 0. The fraction of sp³-hybridized carbons (Fsp3) is 0.600. The summed E-state index contributed by atoms with van der Waals surface area (Å²) in [7, 11) is 1.24. The second-order valence-corrected chi connectivity index (χ2v) is 17.5. The molecule has 0 aliphatic carbocycles. The maximum atomic E-state index is 12.7. The number of quaternary nitrogens is 1. The minimum atomic E-state index is -4.48. The van der Waals surface area contributed by atoms with Crippen molar-refractivity contribution >= 4 is 19.8 Å². The van der Waals surface area contributed by atoms with Gasteiger partial charge in [0.1, 0.15) is 19.8 Å². The number of esters is 2. The van der Waals surface area contributed by atoms with Gasteiger partial charge >= 0.3 is 19.8 Å². The van der Waals surface area contributed by atoms with E-state index >= 15 is 0 Å². The van der Waals surface area contributed by atoms with E-state index < -0.39 is 44.7 Å².